The molecule has 1 aliphatic heterocycles. The molecule has 0 unspecified atom stereocenters. The van der Waals surface area contributed by atoms with Gasteiger partial charge in [0, 0.05) is 26.2 Å². The average molecular weight is 388 g/mol. The van der Waals surface area contributed by atoms with E-state index in [4.69, 9.17) is 4.74 Å². The summed E-state index contributed by atoms with van der Waals surface area (Å²) in [4.78, 5) is 29.5. The molecule has 1 N–H and O–H groups in total. The maximum absolute atomic E-state index is 12.4. The van der Waals surface area contributed by atoms with E-state index >= 15 is 0 Å². The molecule has 2 heterocycles. The fourth-order valence-electron chi connectivity index (χ4n) is 2.97. The summed E-state index contributed by atoms with van der Waals surface area (Å²) in [5, 5.41) is 4.85. The van der Waals surface area contributed by atoms with E-state index < -0.39 is 0 Å². The lowest BCUT2D eigenvalue weighted by atomic mass is 10.2. The van der Waals surface area contributed by atoms with E-state index in [-0.39, 0.29) is 11.8 Å². The highest BCUT2D eigenvalue weighted by Crippen LogP contribution is 2.24. The summed E-state index contributed by atoms with van der Waals surface area (Å²) in [5.74, 6) is 0.704. The Kier molecular flexibility index (Phi) is 6.84. The van der Waals surface area contributed by atoms with Crippen LogP contribution in [-0.2, 0) is 4.79 Å². The Morgan fingerprint density at radius 3 is 2.59 bits per heavy atom. The summed E-state index contributed by atoms with van der Waals surface area (Å²) in [6, 6.07) is 11.2. The van der Waals surface area contributed by atoms with Crippen molar-refractivity contribution in [2.24, 2.45) is 0 Å². The molecule has 1 aliphatic rings. The molecular weight excluding hydrogens is 362 g/mol. The molecular formula is C20H25N3O3S. The van der Waals surface area contributed by atoms with Crippen LogP contribution in [0.4, 0.5) is 5.69 Å². The lowest BCUT2D eigenvalue weighted by Crippen LogP contribution is -2.50. The molecule has 144 valence electrons. The van der Waals surface area contributed by atoms with E-state index in [2.05, 4.69) is 10.2 Å². The van der Waals surface area contributed by atoms with Crippen molar-refractivity contribution < 1.29 is 14.3 Å². The SMILES string of the molecule is CCCOc1ccccc1NC(=O)CN1CCN(C(=O)c2cccs2)CC1. The molecule has 7 heteroatoms. The van der Waals surface area contributed by atoms with Crippen LogP contribution in [0.15, 0.2) is 41.8 Å². The minimum absolute atomic E-state index is 0.0689. The minimum Gasteiger partial charge on any atom is -0.491 e. The Bertz CT molecular complexity index is 756. The summed E-state index contributed by atoms with van der Waals surface area (Å²) in [6.45, 7) is 5.64. The van der Waals surface area contributed by atoms with Gasteiger partial charge in [0.15, 0.2) is 0 Å². The van der Waals surface area contributed by atoms with Gasteiger partial charge in [-0.1, -0.05) is 25.1 Å². The van der Waals surface area contributed by atoms with Crippen LogP contribution in [-0.4, -0.2) is 60.9 Å². The molecule has 0 atom stereocenters. The number of carbonyl (C=O) groups excluding carboxylic acids is 2. The highest BCUT2D eigenvalue weighted by molar-refractivity contribution is 7.12. The van der Waals surface area contributed by atoms with Crippen molar-refractivity contribution >= 4 is 28.8 Å². The van der Waals surface area contributed by atoms with Crippen LogP contribution in [0.25, 0.3) is 0 Å². The minimum atomic E-state index is -0.0689. The maximum Gasteiger partial charge on any atom is 0.264 e. The highest BCUT2D eigenvalue weighted by Gasteiger charge is 2.23. The topological polar surface area (TPSA) is 61.9 Å². The maximum atomic E-state index is 12.4. The molecule has 6 nitrogen and oxygen atoms in total. The quantitative estimate of drug-likeness (QED) is 0.794. The third kappa shape index (κ3) is 5.30. The first-order valence-electron chi connectivity index (χ1n) is 9.24. The van der Waals surface area contributed by atoms with Crippen molar-refractivity contribution in [3.63, 3.8) is 0 Å². The second kappa shape index (κ2) is 9.53. The Labute approximate surface area is 163 Å². The first-order valence-corrected chi connectivity index (χ1v) is 10.1. The van der Waals surface area contributed by atoms with Crippen LogP contribution < -0.4 is 10.1 Å². The van der Waals surface area contributed by atoms with Crippen molar-refractivity contribution in [3.05, 3.63) is 46.7 Å². The standard InChI is InChI=1S/C20H25N3O3S/c1-2-13-26-17-7-4-3-6-16(17)21-19(24)15-22-9-11-23(12-10-22)20(25)18-8-5-14-27-18/h3-8,14H,2,9-13,15H2,1H3,(H,21,24). The van der Waals surface area contributed by atoms with Crippen LogP contribution in [0, 0.1) is 0 Å². The van der Waals surface area contributed by atoms with Gasteiger partial charge in [-0.05, 0) is 30.0 Å². The first-order chi connectivity index (χ1) is 13.2. The predicted molar refractivity (Wildman–Crippen MR) is 108 cm³/mol. The number of benzene rings is 1. The van der Waals surface area contributed by atoms with Gasteiger partial charge in [0.25, 0.3) is 5.91 Å². The molecule has 1 saturated heterocycles. The number of piperazine rings is 1. The molecule has 1 aromatic heterocycles. The molecule has 0 saturated carbocycles. The smallest absolute Gasteiger partial charge is 0.264 e. The van der Waals surface area contributed by atoms with E-state index in [0.29, 0.717) is 50.8 Å². The summed E-state index contributed by atoms with van der Waals surface area (Å²) >= 11 is 1.46. The van der Waals surface area contributed by atoms with Crippen LogP contribution in [0.3, 0.4) is 0 Å². The predicted octanol–water partition coefficient (Wildman–Crippen LogP) is 2.93. The zero-order chi connectivity index (χ0) is 19.1. The van der Waals surface area contributed by atoms with Gasteiger partial charge in [0.2, 0.25) is 5.91 Å². The lowest BCUT2D eigenvalue weighted by molar-refractivity contribution is -0.117. The number of anilines is 1. The summed E-state index contributed by atoms with van der Waals surface area (Å²) < 4.78 is 5.68. The van der Waals surface area contributed by atoms with E-state index in [9.17, 15) is 9.59 Å². The van der Waals surface area contributed by atoms with E-state index in [1.165, 1.54) is 11.3 Å². The van der Waals surface area contributed by atoms with Gasteiger partial charge in [-0.15, -0.1) is 11.3 Å². The molecule has 1 aromatic carbocycles. The number of ether oxygens (including phenoxy) is 1. The Balaban J connectivity index is 1.48. The van der Waals surface area contributed by atoms with Crippen LogP contribution in [0.5, 0.6) is 5.75 Å². The molecule has 0 spiro atoms. The summed E-state index contributed by atoms with van der Waals surface area (Å²) in [6.07, 6.45) is 0.913. The van der Waals surface area contributed by atoms with Gasteiger partial charge in [-0.2, -0.15) is 0 Å². The van der Waals surface area contributed by atoms with Gasteiger partial charge in [-0.25, -0.2) is 0 Å². The van der Waals surface area contributed by atoms with E-state index in [1.807, 2.05) is 53.6 Å². The summed E-state index contributed by atoms with van der Waals surface area (Å²) in [7, 11) is 0. The molecule has 1 fully saturated rings. The van der Waals surface area contributed by atoms with Crippen LogP contribution in [0.2, 0.25) is 0 Å². The molecule has 3 rings (SSSR count). The third-order valence-electron chi connectivity index (χ3n) is 4.38. The van der Waals surface area contributed by atoms with Gasteiger partial charge in [-0.3, -0.25) is 14.5 Å². The molecule has 27 heavy (non-hydrogen) atoms. The number of nitrogens with one attached hydrogen (secondary N) is 1. The number of thiophene rings is 1. The monoisotopic (exact) mass is 387 g/mol. The fourth-order valence-corrected chi connectivity index (χ4v) is 3.66. The van der Waals surface area contributed by atoms with Crippen molar-refractivity contribution in [2.75, 3.05) is 44.6 Å². The van der Waals surface area contributed by atoms with Gasteiger partial charge < -0.3 is 15.0 Å². The Hall–Kier alpha value is -2.38. The molecule has 2 amide bonds. The zero-order valence-corrected chi connectivity index (χ0v) is 16.3. The normalized spacial score (nSPS) is 14.8. The molecule has 0 aliphatic carbocycles. The largest absolute Gasteiger partial charge is 0.491 e. The second-order valence-electron chi connectivity index (χ2n) is 6.44. The lowest BCUT2D eigenvalue weighted by Gasteiger charge is -2.34. The number of hydrogen-bond acceptors (Lipinski definition) is 5. The Morgan fingerprint density at radius 1 is 1.11 bits per heavy atom. The average Bonchev–Trinajstić information content (AvgIpc) is 3.22. The first kappa shape index (κ1) is 19.4. The van der Waals surface area contributed by atoms with Crippen molar-refractivity contribution in [1.82, 2.24) is 9.80 Å². The van der Waals surface area contributed by atoms with Gasteiger partial charge in [0.05, 0.1) is 23.7 Å². The number of carbonyl (C=O) groups is 2. The van der Waals surface area contributed by atoms with E-state index in [1.54, 1.807) is 0 Å². The van der Waals surface area contributed by atoms with Gasteiger partial charge in [0.1, 0.15) is 5.75 Å². The number of hydrogen-bond donors (Lipinski definition) is 1. The number of amides is 2. The van der Waals surface area contributed by atoms with Crippen molar-refractivity contribution in [1.29, 1.82) is 0 Å². The zero-order valence-electron chi connectivity index (χ0n) is 15.5. The number of nitrogens with zero attached hydrogens (tertiary/aromatic N) is 2. The molecule has 2 aromatic rings. The van der Waals surface area contributed by atoms with Crippen molar-refractivity contribution in [3.8, 4) is 5.75 Å². The second-order valence-corrected chi connectivity index (χ2v) is 7.39. The molecule has 0 bridgehead atoms. The van der Waals surface area contributed by atoms with Crippen LogP contribution >= 0.6 is 11.3 Å². The number of rotatable bonds is 7. The van der Waals surface area contributed by atoms with Gasteiger partial charge >= 0.3 is 0 Å². The van der Waals surface area contributed by atoms with Crippen molar-refractivity contribution in [2.45, 2.75) is 13.3 Å². The third-order valence-corrected chi connectivity index (χ3v) is 5.24. The summed E-state index contributed by atoms with van der Waals surface area (Å²) in [5.41, 5.74) is 0.697. The van der Waals surface area contributed by atoms with E-state index in [0.717, 1.165) is 11.3 Å². The van der Waals surface area contributed by atoms with Crippen LogP contribution in [0.1, 0.15) is 23.0 Å². The molecule has 0 radical (unpaired) electrons. The fraction of sp³-hybridized carbons (Fsp3) is 0.400. The number of para-hydroxylation sites is 2. The highest BCUT2D eigenvalue weighted by atomic mass is 32.1. The Morgan fingerprint density at radius 2 is 1.89 bits per heavy atom.